The molecule has 0 amide bonds. The van der Waals surface area contributed by atoms with Gasteiger partial charge < -0.3 is 40.4 Å². The Morgan fingerprint density at radius 2 is 1.94 bits per heavy atom. The summed E-state index contributed by atoms with van der Waals surface area (Å²) in [5.74, 6) is 0. The normalized spacial score (nSPS) is 17.4. The zero-order valence-electron chi connectivity index (χ0n) is 10.2. The molecule has 1 aliphatic rings. The molecule has 2 nitrogen and oxygen atoms in total. The van der Waals surface area contributed by atoms with E-state index in [0.29, 0.717) is 6.04 Å². The maximum absolute atomic E-state index is 10.6. The van der Waals surface area contributed by atoms with Crippen LogP contribution in [0, 0.1) is 0 Å². The van der Waals surface area contributed by atoms with Gasteiger partial charge in [0.05, 0.1) is 6.29 Å². The molecular formula is C15H17FeNO-6. The molecule has 1 unspecified atom stereocenters. The van der Waals surface area contributed by atoms with Crippen LogP contribution in [0.15, 0.2) is 48.5 Å². The van der Waals surface area contributed by atoms with Crippen LogP contribution in [0.3, 0.4) is 0 Å². The van der Waals surface area contributed by atoms with E-state index in [-0.39, 0.29) is 17.1 Å². The molecule has 1 atom stereocenters. The Hall–Kier alpha value is -1.15. The van der Waals surface area contributed by atoms with Gasteiger partial charge in [0.15, 0.2) is 0 Å². The van der Waals surface area contributed by atoms with Crippen LogP contribution >= 0.6 is 0 Å². The Balaban J connectivity index is 0.000000230. The third kappa shape index (κ3) is 3.95. The van der Waals surface area contributed by atoms with E-state index in [9.17, 15) is 4.79 Å². The van der Waals surface area contributed by atoms with E-state index in [1.165, 1.54) is 12.0 Å². The zero-order chi connectivity index (χ0) is 11.9. The van der Waals surface area contributed by atoms with Crippen LogP contribution in [0.4, 0.5) is 0 Å². The number of nitrogens with one attached hydrogen (secondary N) is 1. The topological polar surface area (TPSA) is 29.1 Å². The van der Waals surface area contributed by atoms with Crippen molar-refractivity contribution < 1.29 is 21.9 Å². The van der Waals surface area contributed by atoms with E-state index in [2.05, 4.69) is 5.32 Å². The minimum absolute atomic E-state index is 0. The molecule has 0 saturated carbocycles. The van der Waals surface area contributed by atoms with Crippen molar-refractivity contribution in [2.45, 2.75) is 18.9 Å². The average Bonchev–Trinajstić information content (AvgIpc) is 3.12. The molecule has 0 spiro atoms. The zero-order valence-corrected chi connectivity index (χ0v) is 11.3. The molecule has 0 radical (unpaired) electrons. The van der Waals surface area contributed by atoms with E-state index >= 15 is 0 Å². The van der Waals surface area contributed by atoms with Crippen molar-refractivity contribution in [3.05, 3.63) is 59.7 Å². The third-order valence-corrected chi connectivity index (χ3v) is 3.00. The third-order valence-electron chi connectivity index (χ3n) is 3.00. The van der Waals surface area contributed by atoms with Crippen LogP contribution < -0.4 is 5.32 Å². The van der Waals surface area contributed by atoms with Gasteiger partial charge in [-0.25, -0.2) is 12.1 Å². The number of aldehydes is 1. The molecule has 0 aromatic heterocycles. The van der Waals surface area contributed by atoms with Crippen LogP contribution in [0.1, 0.15) is 34.8 Å². The van der Waals surface area contributed by atoms with Crippen LogP contribution in [0.5, 0.6) is 0 Å². The van der Waals surface area contributed by atoms with Crippen molar-refractivity contribution in [3.63, 3.8) is 0 Å². The molecule has 1 fully saturated rings. The van der Waals surface area contributed by atoms with Crippen molar-refractivity contribution in [2.75, 3.05) is 6.54 Å². The second kappa shape index (κ2) is 8.04. The molecule has 2 aromatic rings. The van der Waals surface area contributed by atoms with E-state index < -0.39 is 0 Å². The molecule has 1 saturated heterocycles. The summed E-state index contributed by atoms with van der Waals surface area (Å²) >= 11 is 0. The van der Waals surface area contributed by atoms with Crippen molar-refractivity contribution in [3.8, 4) is 0 Å². The van der Waals surface area contributed by atoms with Crippen molar-refractivity contribution >= 4 is 6.29 Å². The number of carbonyl (C=O) groups is 1. The van der Waals surface area contributed by atoms with E-state index in [0.717, 1.165) is 24.8 Å². The van der Waals surface area contributed by atoms with Crippen LogP contribution in [-0.2, 0) is 17.1 Å². The van der Waals surface area contributed by atoms with Gasteiger partial charge >= 0.3 is 0 Å². The Morgan fingerprint density at radius 3 is 2.44 bits per heavy atom. The Morgan fingerprint density at radius 1 is 1.28 bits per heavy atom. The first-order valence-corrected chi connectivity index (χ1v) is 6.02. The van der Waals surface area contributed by atoms with Gasteiger partial charge in [-0.15, -0.1) is 5.56 Å². The van der Waals surface area contributed by atoms with Gasteiger partial charge in [0.2, 0.25) is 0 Å². The van der Waals surface area contributed by atoms with Crippen molar-refractivity contribution in [1.82, 2.24) is 5.32 Å². The molecule has 1 N–H and O–H groups in total. The van der Waals surface area contributed by atoms with Gasteiger partial charge in [-0.3, -0.25) is 0 Å². The maximum Gasteiger partial charge on any atom is 0.0953 e. The van der Waals surface area contributed by atoms with Crippen molar-refractivity contribution in [2.24, 2.45) is 0 Å². The molecule has 1 heterocycles. The fourth-order valence-electron chi connectivity index (χ4n) is 2.14. The summed E-state index contributed by atoms with van der Waals surface area (Å²) in [5, 5.41) is 3.37. The smallest absolute Gasteiger partial charge is 0.0953 e. The first-order valence-electron chi connectivity index (χ1n) is 6.02. The summed E-state index contributed by atoms with van der Waals surface area (Å²) in [4.78, 5) is 10.6. The number of hydrogen-bond donors (Lipinski definition) is 1. The molecule has 3 heteroatoms. The van der Waals surface area contributed by atoms with Crippen molar-refractivity contribution in [1.29, 1.82) is 0 Å². The monoisotopic (exact) mass is 283 g/mol. The summed E-state index contributed by atoms with van der Waals surface area (Å²) in [6.07, 6.45) is 3.31. The fourth-order valence-corrected chi connectivity index (χ4v) is 2.14. The largest absolute Gasteiger partial charge is 0.748 e. The predicted molar refractivity (Wildman–Crippen MR) is 69.4 cm³/mol. The standard InChI is InChI=1S/C10H12NO.C5H5.Fe/c12-7-8-3-1-4-9(8)10-5-2-6-11-10;1-2-4-5-3-1;/h1,3-4,7,10-11H,2,5-6H2;1-5H;/q-1;-5;. The van der Waals surface area contributed by atoms with E-state index in [4.69, 9.17) is 0 Å². The first kappa shape index (κ1) is 14.9. The minimum Gasteiger partial charge on any atom is -0.748 e. The van der Waals surface area contributed by atoms with Gasteiger partial charge in [0, 0.05) is 23.1 Å². The van der Waals surface area contributed by atoms with Crippen LogP contribution in [0.2, 0.25) is 0 Å². The Kier molecular flexibility index (Phi) is 6.66. The Labute approximate surface area is 119 Å². The average molecular weight is 283 g/mol. The maximum atomic E-state index is 10.6. The Bertz CT molecular complexity index is 410. The van der Waals surface area contributed by atoms with Gasteiger partial charge in [-0.05, 0) is 19.4 Å². The van der Waals surface area contributed by atoms with E-state index in [1.807, 2.05) is 48.5 Å². The van der Waals surface area contributed by atoms with Crippen LogP contribution in [-0.4, -0.2) is 12.8 Å². The van der Waals surface area contributed by atoms with Crippen LogP contribution in [0.25, 0.3) is 0 Å². The minimum atomic E-state index is 0. The summed E-state index contributed by atoms with van der Waals surface area (Å²) in [7, 11) is 0. The summed E-state index contributed by atoms with van der Waals surface area (Å²) in [6.45, 7) is 1.08. The number of hydrogen-bond acceptors (Lipinski definition) is 2. The fraction of sp³-hybridized carbons (Fsp3) is 0.267. The molecular weight excluding hydrogens is 266 g/mol. The summed E-state index contributed by atoms with van der Waals surface area (Å²) < 4.78 is 0. The number of rotatable bonds is 2. The summed E-state index contributed by atoms with van der Waals surface area (Å²) in [5.41, 5.74) is 2.01. The molecule has 2 aromatic carbocycles. The quantitative estimate of drug-likeness (QED) is 0.521. The molecule has 3 rings (SSSR count). The van der Waals surface area contributed by atoms with Gasteiger partial charge in [0.25, 0.3) is 0 Å². The first-order chi connectivity index (χ1) is 8.42. The van der Waals surface area contributed by atoms with Gasteiger partial charge in [-0.1, -0.05) is 5.56 Å². The SMILES string of the molecule is O=C[c-]1cccc1C1CCCN1.[Fe].[cH-]1[cH-][cH-][cH-][cH-]1. The molecule has 102 valence electrons. The second-order valence-electron chi connectivity index (χ2n) is 4.17. The van der Waals surface area contributed by atoms with Gasteiger partial charge in [-0.2, -0.15) is 6.07 Å². The summed E-state index contributed by atoms with van der Waals surface area (Å²) in [6, 6.07) is 16.3. The number of carbonyl (C=O) groups excluding carboxylic acids is 1. The molecule has 18 heavy (non-hydrogen) atoms. The molecule has 0 bridgehead atoms. The van der Waals surface area contributed by atoms with Gasteiger partial charge in [0.1, 0.15) is 0 Å². The molecule has 0 aliphatic carbocycles. The predicted octanol–water partition coefficient (Wildman–Crippen LogP) is 3.05. The van der Waals surface area contributed by atoms with E-state index in [1.54, 1.807) is 0 Å². The second-order valence-corrected chi connectivity index (χ2v) is 4.17. The molecule has 1 aliphatic heterocycles.